The van der Waals surface area contributed by atoms with E-state index in [1.54, 1.807) is 25.2 Å². The van der Waals surface area contributed by atoms with Crippen LogP contribution < -0.4 is 10.9 Å². The molecule has 0 radical (unpaired) electrons. The first-order chi connectivity index (χ1) is 14.4. The maximum atomic E-state index is 12.7. The van der Waals surface area contributed by atoms with E-state index in [0.29, 0.717) is 21.2 Å². The van der Waals surface area contributed by atoms with Gasteiger partial charge in [-0.1, -0.05) is 19.1 Å². The third kappa shape index (κ3) is 4.37. The lowest BCUT2D eigenvalue weighted by atomic mass is 9.99. The predicted molar refractivity (Wildman–Crippen MR) is 122 cm³/mol. The van der Waals surface area contributed by atoms with Gasteiger partial charge in [-0.05, 0) is 80.0 Å². The monoisotopic (exact) mass is 422 g/mol. The number of aromatic amines is 1. The molecular weight excluding hydrogens is 396 g/mol. The van der Waals surface area contributed by atoms with Gasteiger partial charge in [0.2, 0.25) is 0 Å². The van der Waals surface area contributed by atoms with Crippen LogP contribution in [-0.4, -0.2) is 33.4 Å². The molecule has 2 heterocycles. The van der Waals surface area contributed by atoms with Crippen molar-refractivity contribution in [2.75, 3.05) is 18.4 Å². The van der Waals surface area contributed by atoms with E-state index in [9.17, 15) is 9.59 Å². The minimum atomic E-state index is -0.227. The van der Waals surface area contributed by atoms with Crippen LogP contribution in [0.4, 0.5) is 5.69 Å². The summed E-state index contributed by atoms with van der Waals surface area (Å²) < 4.78 is 1.70. The average molecular weight is 423 g/mol. The van der Waals surface area contributed by atoms with Gasteiger partial charge in [-0.25, -0.2) is 0 Å². The molecule has 2 N–H and O–H groups in total. The second-order valence-electron chi connectivity index (χ2n) is 8.16. The van der Waals surface area contributed by atoms with Crippen LogP contribution in [0.25, 0.3) is 10.9 Å². The predicted octanol–water partition coefficient (Wildman–Crippen LogP) is 4.08. The lowest BCUT2D eigenvalue weighted by Gasteiger charge is -2.30. The molecule has 1 aliphatic rings. The van der Waals surface area contributed by atoms with Gasteiger partial charge in [-0.3, -0.25) is 19.1 Å². The second-order valence-corrected chi connectivity index (χ2v) is 8.55. The fourth-order valence-corrected chi connectivity index (χ4v) is 4.02. The lowest BCUT2D eigenvalue weighted by Crippen LogP contribution is -2.32. The number of hydrogen-bond acceptors (Lipinski definition) is 4. The number of carbonyl (C=O) groups excluding carboxylic acids is 1. The van der Waals surface area contributed by atoms with Gasteiger partial charge in [0.15, 0.2) is 4.77 Å². The van der Waals surface area contributed by atoms with Crippen LogP contribution in [0.5, 0.6) is 0 Å². The number of H-pyrrole nitrogens is 1. The minimum Gasteiger partial charge on any atom is -0.332 e. The molecule has 30 heavy (non-hydrogen) atoms. The highest BCUT2D eigenvalue weighted by atomic mass is 32.1. The zero-order valence-electron chi connectivity index (χ0n) is 17.3. The summed E-state index contributed by atoms with van der Waals surface area (Å²) in [5.41, 5.74) is 2.83. The zero-order chi connectivity index (χ0) is 21.3. The van der Waals surface area contributed by atoms with E-state index in [-0.39, 0.29) is 11.5 Å². The van der Waals surface area contributed by atoms with Crippen molar-refractivity contribution < 1.29 is 4.79 Å². The molecular formula is C23H26N4O2S. The first-order valence-electron chi connectivity index (χ1n) is 10.3. The number of aromatic nitrogens is 2. The van der Waals surface area contributed by atoms with E-state index in [1.807, 2.05) is 12.1 Å². The van der Waals surface area contributed by atoms with Gasteiger partial charge in [0.25, 0.3) is 11.5 Å². The van der Waals surface area contributed by atoms with E-state index >= 15 is 0 Å². The summed E-state index contributed by atoms with van der Waals surface area (Å²) in [6, 6.07) is 13.0. The van der Waals surface area contributed by atoms with E-state index in [0.717, 1.165) is 31.2 Å². The van der Waals surface area contributed by atoms with Gasteiger partial charge in [0.05, 0.1) is 10.9 Å². The molecule has 0 bridgehead atoms. The molecule has 6 nitrogen and oxygen atoms in total. The number of piperidine rings is 1. The standard InChI is InChI=1S/C23H26N4O2S/c1-15-9-11-27(12-10-15)14-16-3-6-18(7-4-16)24-21(28)17-5-8-19-20(13-17)25-23(30)26(2)22(19)29/h3-8,13,15H,9-12,14H2,1-2H3,(H,24,28)(H,25,30). The fourth-order valence-electron chi connectivity index (χ4n) is 3.82. The van der Waals surface area contributed by atoms with Crippen molar-refractivity contribution in [3.05, 3.63) is 68.7 Å². The Balaban J connectivity index is 1.45. The molecule has 1 saturated heterocycles. The Bertz CT molecular complexity index is 1190. The largest absolute Gasteiger partial charge is 0.332 e. The Morgan fingerprint density at radius 2 is 1.87 bits per heavy atom. The van der Waals surface area contributed by atoms with Crippen molar-refractivity contribution in [3.8, 4) is 0 Å². The van der Waals surface area contributed by atoms with Crippen molar-refractivity contribution in [2.24, 2.45) is 13.0 Å². The van der Waals surface area contributed by atoms with E-state index in [2.05, 4.69) is 34.3 Å². The molecule has 0 unspecified atom stereocenters. The van der Waals surface area contributed by atoms with E-state index in [1.165, 1.54) is 23.0 Å². The summed E-state index contributed by atoms with van der Waals surface area (Å²) in [4.78, 5) is 30.5. The van der Waals surface area contributed by atoms with Gasteiger partial charge in [0.1, 0.15) is 0 Å². The first-order valence-corrected chi connectivity index (χ1v) is 10.7. The number of nitrogens with one attached hydrogen (secondary N) is 2. The number of anilines is 1. The average Bonchev–Trinajstić information content (AvgIpc) is 2.75. The number of benzene rings is 2. The topological polar surface area (TPSA) is 70.1 Å². The van der Waals surface area contributed by atoms with E-state index < -0.39 is 0 Å². The molecule has 1 amide bonds. The van der Waals surface area contributed by atoms with Crippen LogP contribution in [0, 0.1) is 10.7 Å². The van der Waals surface area contributed by atoms with Gasteiger partial charge >= 0.3 is 0 Å². The Kier molecular flexibility index (Phi) is 5.83. The number of carbonyl (C=O) groups is 1. The number of nitrogens with zero attached hydrogens (tertiary/aromatic N) is 2. The fraction of sp³-hybridized carbons (Fsp3) is 0.348. The van der Waals surface area contributed by atoms with Crippen LogP contribution in [0.2, 0.25) is 0 Å². The van der Waals surface area contributed by atoms with Crippen LogP contribution >= 0.6 is 12.2 Å². The highest BCUT2D eigenvalue weighted by molar-refractivity contribution is 7.71. The van der Waals surface area contributed by atoms with Crippen molar-refractivity contribution in [3.63, 3.8) is 0 Å². The summed E-state index contributed by atoms with van der Waals surface area (Å²) in [5, 5.41) is 3.42. The quantitative estimate of drug-likeness (QED) is 0.622. The number of likely N-dealkylation sites (tertiary alicyclic amines) is 1. The maximum Gasteiger partial charge on any atom is 0.261 e. The molecule has 2 aromatic carbocycles. The number of hydrogen-bond donors (Lipinski definition) is 2. The van der Waals surface area contributed by atoms with Crippen LogP contribution in [-0.2, 0) is 13.6 Å². The molecule has 0 spiro atoms. The second kappa shape index (κ2) is 8.53. The molecule has 156 valence electrons. The van der Waals surface area contributed by atoms with Crippen molar-refractivity contribution >= 4 is 34.7 Å². The molecule has 0 aliphatic carbocycles. The number of fused-ring (bicyclic) bond motifs is 1. The SMILES string of the molecule is CC1CCN(Cc2ccc(NC(=O)c3ccc4c(=O)n(C)c(=S)[nH]c4c3)cc2)CC1. The van der Waals surface area contributed by atoms with Crippen molar-refractivity contribution in [1.82, 2.24) is 14.5 Å². The summed E-state index contributed by atoms with van der Waals surface area (Å²) in [7, 11) is 1.62. The van der Waals surface area contributed by atoms with Crippen LogP contribution in [0.15, 0.2) is 47.3 Å². The van der Waals surface area contributed by atoms with Crippen molar-refractivity contribution in [2.45, 2.75) is 26.3 Å². The number of amides is 1. The van der Waals surface area contributed by atoms with Crippen LogP contribution in [0.1, 0.15) is 35.7 Å². The summed E-state index contributed by atoms with van der Waals surface area (Å²) in [6.07, 6.45) is 2.52. The Labute approximate surface area is 180 Å². The van der Waals surface area contributed by atoms with Gasteiger partial charge < -0.3 is 10.3 Å². The number of rotatable bonds is 4. The normalized spacial score (nSPS) is 15.4. The highest BCUT2D eigenvalue weighted by Gasteiger charge is 2.15. The lowest BCUT2D eigenvalue weighted by molar-refractivity contribution is 0.102. The Hall–Kier alpha value is -2.77. The van der Waals surface area contributed by atoms with Gasteiger partial charge in [0, 0.05) is 24.8 Å². The van der Waals surface area contributed by atoms with Gasteiger partial charge in [-0.2, -0.15) is 0 Å². The minimum absolute atomic E-state index is 0.181. The molecule has 4 rings (SSSR count). The Morgan fingerprint density at radius 3 is 2.57 bits per heavy atom. The first kappa shape index (κ1) is 20.5. The Morgan fingerprint density at radius 1 is 1.17 bits per heavy atom. The molecule has 1 aliphatic heterocycles. The molecule has 7 heteroatoms. The summed E-state index contributed by atoms with van der Waals surface area (Å²) in [6.45, 7) is 5.55. The third-order valence-electron chi connectivity index (χ3n) is 5.86. The molecule has 1 fully saturated rings. The van der Waals surface area contributed by atoms with Gasteiger partial charge in [-0.15, -0.1) is 0 Å². The third-order valence-corrected chi connectivity index (χ3v) is 6.23. The zero-order valence-corrected chi connectivity index (χ0v) is 18.1. The highest BCUT2D eigenvalue weighted by Crippen LogP contribution is 2.19. The van der Waals surface area contributed by atoms with E-state index in [4.69, 9.17) is 12.2 Å². The maximum absolute atomic E-state index is 12.7. The summed E-state index contributed by atoms with van der Waals surface area (Å²) in [5.74, 6) is 0.599. The molecule has 0 saturated carbocycles. The van der Waals surface area contributed by atoms with Crippen molar-refractivity contribution in [1.29, 1.82) is 0 Å². The molecule has 1 aromatic heterocycles. The van der Waals surface area contributed by atoms with Crippen LogP contribution in [0.3, 0.4) is 0 Å². The molecule has 3 aromatic rings. The smallest absolute Gasteiger partial charge is 0.261 e. The summed E-state index contributed by atoms with van der Waals surface area (Å²) >= 11 is 5.16. The molecule has 0 atom stereocenters.